The molecule has 0 fully saturated rings. The lowest BCUT2D eigenvalue weighted by Crippen LogP contribution is -2.29. The zero-order valence-corrected chi connectivity index (χ0v) is 19.5. The molecule has 0 amide bonds. The fourth-order valence-electron chi connectivity index (χ4n) is 2.35. The van der Waals surface area contributed by atoms with Gasteiger partial charge in [0.1, 0.15) is 17.7 Å². The predicted octanol–water partition coefficient (Wildman–Crippen LogP) is 3.75. The van der Waals surface area contributed by atoms with Crippen molar-refractivity contribution in [3.05, 3.63) is 59.9 Å². The van der Waals surface area contributed by atoms with Crippen LogP contribution in [0.5, 0.6) is 5.75 Å². The van der Waals surface area contributed by atoms with Crippen molar-refractivity contribution in [2.24, 2.45) is 0 Å². The number of rotatable bonds is 9. The molecule has 0 aliphatic carbocycles. The number of sulfone groups is 1. The third kappa shape index (κ3) is 11.5. The van der Waals surface area contributed by atoms with Gasteiger partial charge in [-0.05, 0) is 37.6 Å². The monoisotopic (exact) mass is 479 g/mol. The van der Waals surface area contributed by atoms with E-state index < -0.39 is 24.7 Å². The third-order valence-electron chi connectivity index (χ3n) is 3.65. The van der Waals surface area contributed by atoms with Gasteiger partial charge in [-0.25, -0.2) is 21.2 Å². The maximum Gasteiger partial charge on any atom is 0.236 e. The lowest BCUT2D eigenvalue weighted by atomic mass is 10.2. The van der Waals surface area contributed by atoms with E-state index >= 15 is 0 Å². The van der Waals surface area contributed by atoms with Gasteiger partial charge in [-0.2, -0.15) is 0 Å². The van der Waals surface area contributed by atoms with Crippen LogP contribution in [0.25, 0.3) is 0 Å². The van der Waals surface area contributed by atoms with Crippen molar-refractivity contribution in [1.82, 2.24) is 5.32 Å². The second kappa shape index (κ2) is 12.2. The minimum absolute atomic E-state index is 0.0729. The number of hydrogen-bond donors (Lipinski definition) is 1. The van der Waals surface area contributed by atoms with Gasteiger partial charge in [0.15, 0.2) is 9.84 Å². The molecule has 0 spiro atoms. The SMILES string of the molecule is CCCNCC(C)Oc1cc(F)cc(S(C)(=O)=O)c1.O=S(=O)(Cl)Cc1ccccc1. The van der Waals surface area contributed by atoms with Gasteiger partial charge in [0, 0.05) is 29.5 Å². The first-order valence-corrected chi connectivity index (χ1v) is 13.6. The molecule has 0 aliphatic rings. The van der Waals surface area contributed by atoms with E-state index in [-0.39, 0.29) is 22.5 Å². The second-order valence-corrected chi connectivity index (χ2v) is 11.5. The van der Waals surface area contributed by atoms with E-state index in [1.807, 2.05) is 13.0 Å². The molecule has 0 radical (unpaired) electrons. The molecule has 0 aliphatic heterocycles. The summed E-state index contributed by atoms with van der Waals surface area (Å²) in [4.78, 5) is -0.0729. The van der Waals surface area contributed by atoms with Crippen LogP contribution >= 0.6 is 10.7 Å². The molecule has 1 unspecified atom stereocenters. The summed E-state index contributed by atoms with van der Waals surface area (Å²) in [6.07, 6.45) is 1.89. The first-order chi connectivity index (χ1) is 13.9. The quantitative estimate of drug-likeness (QED) is 0.435. The van der Waals surface area contributed by atoms with Gasteiger partial charge in [-0.3, -0.25) is 0 Å². The summed E-state index contributed by atoms with van der Waals surface area (Å²) in [5, 5.41) is 3.18. The van der Waals surface area contributed by atoms with Crippen molar-refractivity contribution in [2.45, 2.75) is 37.0 Å². The second-order valence-electron chi connectivity index (χ2n) is 6.70. The van der Waals surface area contributed by atoms with Gasteiger partial charge >= 0.3 is 0 Å². The summed E-state index contributed by atoms with van der Waals surface area (Å²) < 4.78 is 62.8. The van der Waals surface area contributed by atoms with Gasteiger partial charge in [-0.1, -0.05) is 37.3 Å². The summed E-state index contributed by atoms with van der Waals surface area (Å²) >= 11 is 0. The van der Waals surface area contributed by atoms with Crippen LogP contribution < -0.4 is 10.1 Å². The molecule has 6 nitrogen and oxygen atoms in total. The van der Waals surface area contributed by atoms with Crippen LogP contribution in [0.2, 0.25) is 0 Å². The minimum Gasteiger partial charge on any atom is -0.489 e. The van der Waals surface area contributed by atoms with Crippen molar-refractivity contribution in [3.63, 3.8) is 0 Å². The van der Waals surface area contributed by atoms with Crippen LogP contribution in [0.3, 0.4) is 0 Å². The Morgan fingerprint density at radius 3 is 2.27 bits per heavy atom. The van der Waals surface area contributed by atoms with E-state index in [1.165, 1.54) is 12.1 Å². The van der Waals surface area contributed by atoms with E-state index in [0.717, 1.165) is 25.3 Å². The van der Waals surface area contributed by atoms with Crippen molar-refractivity contribution >= 4 is 29.6 Å². The molecular formula is C20H27ClFNO5S2. The lowest BCUT2D eigenvalue weighted by molar-refractivity contribution is 0.216. The molecule has 1 N–H and O–H groups in total. The molecule has 0 saturated carbocycles. The van der Waals surface area contributed by atoms with E-state index in [1.54, 1.807) is 24.3 Å². The van der Waals surface area contributed by atoms with Gasteiger partial charge < -0.3 is 10.1 Å². The Hall–Kier alpha value is -1.68. The topological polar surface area (TPSA) is 89.5 Å². The van der Waals surface area contributed by atoms with Crippen LogP contribution in [-0.4, -0.2) is 42.3 Å². The van der Waals surface area contributed by atoms with Crippen LogP contribution in [0.1, 0.15) is 25.8 Å². The molecular weight excluding hydrogens is 453 g/mol. The number of hydrogen-bond acceptors (Lipinski definition) is 6. The molecule has 0 aromatic heterocycles. The summed E-state index contributed by atoms with van der Waals surface area (Å²) in [6, 6.07) is 12.3. The molecule has 2 rings (SSSR count). The Morgan fingerprint density at radius 1 is 1.10 bits per heavy atom. The Kier molecular flexibility index (Phi) is 10.8. The van der Waals surface area contributed by atoms with Crippen molar-refractivity contribution in [1.29, 1.82) is 0 Å². The average Bonchev–Trinajstić information content (AvgIpc) is 2.60. The highest BCUT2D eigenvalue weighted by molar-refractivity contribution is 8.13. The van der Waals surface area contributed by atoms with Gasteiger partial charge in [0.25, 0.3) is 0 Å². The number of benzene rings is 2. The van der Waals surface area contributed by atoms with Crippen molar-refractivity contribution < 1.29 is 26.0 Å². The zero-order chi connectivity index (χ0) is 22.8. The van der Waals surface area contributed by atoms with E-state index in [2.05, 4.69) is 12.2 Å². The highest BCUT2D eigenvalue weighted by Gasteiger charge is 2.12. The molecule has 10 heteroatoms. The smallest absolute Gasteiger partial charge is 0.236 e. The van der Waals surface area contributed by atoms with Crippen LogP contribution in [0, 0.1) is 5.82 Å². The van der Waals surface area contributed by atoms with Crippen LogP contribution in [0.4, 0.5) is 4.39 Å². The normalized spacial score (nSPS) is 12.6. The Balaban J connectivity index is 0.000000346. The summed E-state index contributed by atoms with van der Waals surface area (Å²) in [5.41, 5.74) is 0.711. The van der Waals surface area contributed by atoms with Crippen LogP contribution in [0.15, 0.2) is 53.4 Å². The highest BCUT2D eigenvalue weighted by atomic mass is 35.7. The number of halogens is 2. The Labute approximate surface area is 182 Å². The largest absolute Gasteiger partial charge is 0.489 e. The Morgan fingerprint density at radius 2 is 1.73 bits per heavy atom. The standard InChI is InChI=1S/C13H20FNO3S.C7H7ClO2S/c1-4-5-15-9-10(2)18-12-6-11(14)7-13(8-12)19(3,16)17;8-11(9,10)6-7-4-2-1-3-5-7/h6-8,10,15H,4-5,9H2,1-3H3;1-5H,6H2. The number of nitrogens with one attached hydrogen (secondary N) is 1. The number of ether oxygens (including phenoxy) is 1. The summed E-state index contributed by atoms with van der Waals surface area (Å²) in [7, 11) is -1.81. The maximum absolute atomic E-state index is 13.4. The van der Waals surface area contributed by atoms with E-state index in [0.29, 0.717) is 12.1 Å². The lowest BCUT2D eigenvalue weighted by Gasteiger charge is -2.16. The van der Waals surface area contributed by atoms with E-state index in [9.17, 15) is 21.2 Å². The zero-order valence-electron chi connectivity index (χ0n) is 17.1. The van der Waals surface area contributed by atoms with Crippen molar-refractivity contribution in [2.75, 3.05) is 19.3 Å². The molecule has 0 heterocycles. The average molecular weight is 480 g/mol. The molecule has 1 atom stereocenters. The highest BCUT2D eigenvalue weighted by Crippen LogP contribution is 2.21. The van der Waals surface area contributed by atoms with E-state index in [4.69, 9.17) is 15.4 Å². The van der Waals surface area contributed by atoms with Gasteiger partial charge in [0.2, 0.25) is 9.05 Å². The van der Waals surface area contributed by atoms with Gasteiger partial charge in [0.05, 0.1) is 10.6 Å². The summed E-state index contributed by atoms with van der Waals surface area (Å²) in [5.74, 6) is -0.493. The molecule has 30 heavy (non-hydrogen) atoms. The molecule has 2 aromatic carbocycles. The Bertz CT molecular complexity index is 999. The maximum atomic E-state index is 13.4. The molecule has 2 aromatic rings. The fourth-order valence-corrected chi connectivity index (χ4v) is 3.97. The third-order valence-corrected chi connectivity index (χ3v) is 5.75. The minimum atomic E-state index is -3.44. The molecule has 168 valence electrons. The van der Waals surface area contributed by atoms with Crippen molar-refractivity contribution in [3.8, 4) is 5.75 Å². The first kappa shape index (κ1) is 26.4. The summed E-state index contributed by atoms with van der Waals surface area (Å²) in [6.45, 7) is 5.40. The predicted molar refractivity (Wildman–Crippen MR) is 118 cm³/mol. The molecule has 0 bridgehead atoms. The first-order valence-electron chi connectivity index (χ1n) is 9.25. The fraction of sp³-hybridized carbons (Fsp3) is 0.400. The van der Waals surface area contributed by atoms with Crippen LogP contribution in [-0.2, 0) is 24.6 Å². The van der Waals surface area contributed by atoms with Gasteiger partial charge in [-0.15, -0.1) is 0 Å². The molecule has 0 saturated heterocycles.